The van der Waals surface area contributed by atoms with Gasteiger partial charge in [-0.15, -0.1) is 5.10 Å². The number of aromatic nitrogens is 3. The number of alkyl halides is 2. The fourth-order valence-electron chi connectivity index (χ4n) is 2.09. The van der Waals surface area contributed by atoms with Crippen LogP contribution >= 0.6 is 0 Å². The molecule has 10 heteroatoms. The van der Waals surface area contributed by atoms with Crippen LogP contribution in [0.4, 0.5) is 18.0 Å². The van der Waals surface area contributed by atoms with Crippen molar-refractivity contribution in [3.63, 3.8) is 0 Å². The molecule has 2 aromatic rings. The molecule has 0 bridgehead atoms. The van der Waals surface area contributed by atoms with Gasteiger partial charge in [0.1, 0.15) is 17.3 Å². The number of hydrogen-bond donors (Lipinski definition) is 2. The Morgan fingerprint density at radius 2 is 2.17 bits per heavy atom. The van der Waals surface area contributed by atoms with Crippen LogP contribution < -0.4 is 15.8 Å². The number of nitrogens with one attached hydrogen (secondary N) is 1. The van der Waals surface area contributed by atoms with Gasteiger partial charge in [0.25, 0.3) is 0 Å². The Kier molecular flexibility index (Phi) is 4.96. The molecule has 0 saturated carbocycles. The van der Waals surface area contributed by atoms with Crippen molar-refractivity contribution in [1.82, 2.24) is 20.3 Å². The summed E-state index contributed by atoms with van der Waals surface area (Å²) in [5.41, 5.74) is 4.79. The zero-order valence-electron chi connectivity index (χ0n) is 13.0. The quantitative estimate of drug-likeness (QED) is 0.838. The second kappa shape index (κ2) is 6.77. The maximum absolute atomic E-state index is 13.4. The zero-order chi connectivity index (χ0) is 17.9. The summed E-state index contributed by atoms with van der Waals surface area (Å²) in [4.78, 5) is 11.0. The van der Waals surface area contributed by atoms with E-state index in [9.17, 15) is 18.0 Å². The molecule has 1 heterocycles. The summed E-state index contributed by atoms with van der Waals surface area (Å²) in [6.07, 6.45) is 1.49. The third-order valence-corrected chi connectivity index (χ3v) is 3.19. The molecule has 1 aromatic carbocycles. The minimum atomic E-state index is -3.03. The lowest BCUT2D eigenvalue weighted by Gasteiger charge is -2.21. The van der Waals surface area contributed by atoms with Crippen molar-refractivity contribution in [2.75, 3.05) is 0 Å². The number of ether oxygens (including phenoxy) is 1. The third kappa shape index (κ3) is 4.37. The molecule has 0 spiro atoms. The molecule has 0 saturated heterocycles. The highest BCUT2D eigenvalue weighted by Crippen LogP contribution is 2.23. The number of amides is 2. The lowest BCUT2D eigenvalue weighted by Crippen LogP contribution is -2.44. The first-order valence-corrected chi connectivity index (χ1v) is 6.89. The number of halogens is 3. The second-order valence-corrected chi connectivity index (χ2v) is 5.55. The number of nitrogens with zero attached hydrogens (tertiary/aromatic N) is 3. The smallest absolute Gasteiger partial charge is 0.387 e. The Balaban J connectivity index is 2.23. The molecule has 130 valence electrons. The van der Waals surface area contributed by atoms with Gasteiger partial charge in [-0.05, 0) is 32.0 Å². The minimum Gasteiger partial charge on any atom is -0.434 e. The summed E-state index contributed by atoms with van der Waals surface area (Å²) in [5, 5.41) is 10.3. The molecule has 7 nitrogen and oxygen atoms in total. The molecular formula is C14H16F3N5O2. The first-order valence-electron chi connectivity index (χ1n) is 6.89. The molecule has 0 fully saturated rings. The van der Waals surface area contributed by atoms with Gasteiger partial charge in [-0.25, -0.2) is 13.9 Å². The second-order valence-electron chi connectivity index (χ2n) is 5.55. The summed E-state index contributed by atoms with van der Waals surface area (Å²) in [7, 11) is 0. The number of carbonyl (C=O) groups is 1. The van der Waals surface area contributed by atoms with Crippen LogP contribution in [0.15, 0.2) is 24.4 Å². The van der Waals surface area contributed by atoms with E-state index in [2.05, 4.69) is 20.4 Å². The summed E-state index contributed by atoms with van der Waals surface area (Å²) in [6.45, 7) is 0.262. The Hall–Kier alpha value is -2.78. The van der Waals surface area contributed by atoms with E-state index in [0.717, 1.165) is 18.2 Å². The maximum atomic E-state index is 13.4. The first-order chi connectivity index (χ1) is 11.2. The number of urea groups is 1. The van der Waals surface area contributed by atoms with E-state index >= 15 is 0 Å². The van der Waals surface area contributed by atoms with Crippen LogP contribution in [0.5, 0.6) is 5.75 Å². The number of benzene rings is 1. The number of primary amides is 1. The van der Waals surface area contributed by atoms with Crippen LogP contribution in [0.3, 0.4) is 0 Å². The van der Waals surface area contributed by atoms with Crippen LogP contribution in [0, 0.1) is 5.82 Å². The topological polar surface area (TPSA) is 95.1 Å². The molecule has 0 aliphatic rings. The van der Waals surface area contributed by atoms with Gasteiger partial charge in [0.05, 0.1) is 18.3 Å². The molecule has 3 N–H and O–H groups in total. The van der Waals surface area contributed by atoms with Crippen molar-refractivity contribution in [3.05, 3.63) is 41.5 Å². The molecule has 0 unspecified atom stereocenters. The van der Waals surface area contributed by atoms with E-state index in [4.69, 9.17) is 5.73 Å². The van der Waals surface area contributed by atoms with Crippen molar-refractivity contribution in [3.8, 4) is 5.75 Å². The Morgan fingerprint density at radius 1 is 1.46 bits per heavy atom. The Bertz CT molecular complexity index is 733. The highest BCUT2D eigenvalue weighted by molar-refractivity contribution is 5.72. The van der Waals surface area contributed by atoms with E-state index in [1.807, 2.05) is 0 Å². The van der Waals surface area contributed by atoms with Crippen molar-refractivity contribution in [1.29, 1.82) is 0 Å². The predicted molar refractivity (Wildman–Crippen MR) is 77.9 cm³/mol. The van der Waals surface area contributed by atoms with E-state index in [1.54, 1.807) is 13.8 Å². The van der Waals surface area contributed by atoms with E-state index in [-0.39, 0.29) is 17.9 Å². The van der Waals surface area contributed by atoms with Gasteiger partial charge >= 0.3 is 12.6 Å². The van der Waals surface area contributed by atoms with Gasteiger partial charge in [0, 0.05) is 5.56 Å². The molecule has 0 aliphatic carbocycles. The highest BCUT2D eigenvalue weighted by Gasteiger charge is 2.25. The normalized spacial score (nSPS) is 11.6. The fraction of sp³-hybridized carbons (Fsp3) is 0.357. The van der Waals surface area contributed by atoms with Crippen LogP contribution in [-0.2, 0) is 12.1 Å². The third-order valence-electron chi connectivity index (χ3n) is 3.19. The number of carbonyl (C=O) groups excluding carboxylic acids is 1. The summed E-state index contributed by atoms with van der Waals surface area (Å²) >= 11 is 0. The van der Waals surface area contributed by atoms with Crippen LogP contribution in [-0.4, -0.2) is 27.6 Å². The van der Waals surface area contributed by atoms with Gasteiger partial charge in [-0.1, -0.05) is 5.21 Å². The average molecular weight is 343 g/mol. The van der Waals surface area contributed by atoms with E-state index in [0.29, 0.717) is 5.69 Å². The van der Waals surface area contributed by atoms with E-state index < -0.39 is 24.0 Å². The first kappa shape index (κ1) is 17.6. The van der Waals surface area contributed by atoms with Gasteiger partial charge in [-0.2, -0.15) is 8.78 Å². The van der Waals surface area contributed by atoms with Gasteiger partial charge in [-0.3, -0.25) is 0 Å². The van der Waals surface area contributed by atoms with Crippen molar-refractivity contribution in [2.45, 2.75) is 32.5 Å². The molecular weight excluding hydrogens is 327 g/mol. The molecule has 24 heavy (non-hydrogen) atoms. The van der Waals surface area contributed by atoms with Gasteiger partial charge in [0.15, 0.2) is 0 Å². The molecule has 2 rings (SSSR count). The monoisotopic (exact) mass is 343 g/mol. The largest absolute Gasteiger partial charge is 0.434 e. The van der Waals surface area contributed by atoms with Gasteiger partial charge < -0.3 is 15.8 Å². The van der Waals surface area contributed by atoms with Crippen LogP contribution in [0.25, 0.3) is 0 Å². The standard InChI is InChI=1S/C14H16F3N5O2/c1-14(2,19-13(18)23)11-7-22(21-20-11)6-8-5-9(15)3-4-10(8)24-12(16)17/h3-5,7,12H,6H2,1-2H3,(H3,18,19,23). The van der Waals surface area contributed by atoms with Gasteiger partial charge in [0.2, 0.25) is 0 Å². The van der Waals surface area contributed by atoms with Crippen molar-refractivity contribution >= 4 is 6.03 Å². The van der Waals surface area contributed by atoms with Crippen molar-refractivity contribution < 1.29 is 22.7 Å². The Labute approximate surface area is 135 Å². The number of nitrogens with two attached hydrogens (primary N) is 1. The molecule has 2 amide bonds. The minimum absolute atomic E-state index is 0.0422. The zero-order valence-corrected chi connectivity index (χ0v) is 13.0. The van der Waals surface area contributed by atoms with Crippen LogP contribution in [0.2, 0.25) is 0 Å². The average Bonchev–Trinajstić information content (AvgIpc) is 2.89. The lowest BCUT2D eigenvalue weighted by molar-refractivity contribution is -0.0505. The summed E-state index contributed by atoms with van der Waals surface area (Å²) < 4.78 is 43.9. The summed E-state index contributed by atoms with van der Waals surface area (Å²) in [5.74, 6) is -0.749. The molecule has 0 atom stereocenters. The molecule has 0 aliphatic heterocycles. The van der Waals surface area contributed by atoms with Crippen molar-refractivity contribution in [2.24, 2.45) is 5.73 Å². The Morgan fingerprint density at radius 3 is 2.79 bits per heavy atom. The number of rotatable bonds is 6. The summed E-state index contributed by atoms with van der Waals surface area (Å²) in [6, 6.07) is 2.49. The lowest BCUT2D eigenvalue weighted by atomic mass is 10.0. The molecule has 1 aromatic heterocycles. The maximum Gasteiger partial charge on any atom is 0.387 e. The highest BCUT2D eigenvalue weighted by atomic mass is 19.3. The molecule has 0 radical (unpaired) electrons. The van der Waals surface area contributed by atoms with E-state index in [1.165, 1.54) is 10.9 Å². The number of hydrogen-bond acceptors (Lipinski definition) is 4. The fourth-order valence-corrected chi connectivity index (χ4v) is 2.09. The predicted octanol–water partition coefficient (Wildman–Crippen LogP) is 1.97. The SMILES string of the molecule is CC(C)(NC(N)=O)c1cn(Cc2cc(F)ccc2OC(F)F)nn1. The van der Waals surface area contributed by atoms with Crippen LogP contribution in [0.1, 0.15) is 25.1 Å².